The number of aromatic nitrogens is 2. The molecule has 2 atom stereocenters. The van der Waals surface area contributed by atoms with Crippen LogP contribution >= 0.6 is 0 Å². The normalized spacial score (nSPS) is 14.2. The summed E-state index contributed by atoms with van der Waals surface area (Å²) < 4.78 is 33.4. The molecule has 0 saturated carbocycles. The summed E-state index contributed by atoms with van der Waals surface area (Å²) in [4.78, 5) is 0. The molecule has 6 heteroatoms. The van der Waals surface area contributed by atoms with Crippen molar-refractivity contribution in [3.05, 3.63) is 47.8 Å². The lowest BCUT2D eigenvalue weighted by molar-refractivity contribution is 0.179. The van der Waals surface area contributed by atoms with Crippen molar-refractivity contribution < 1.29 is 13.5 Å². The summed E-state index contributed by atoms with van der Waals surface area (Å²) in [6.07, 6.45) is 2.85. The Kier molecular flexibility index (Phi) is 3.80. The van der Waals surface area contributed by atoms with Crippen LogP contribution in [0.1, 0.15) is 18.6 Å². The number of rotatable bonds is 4. The molecule has 0 saturated heterocycles. The van der Waals surface area contributed by atoms with Gasteiger partial charge >= 0.3 is 0 Å². The second-order valence-corrected chi connectivity index (χ2v) is 4.45. The second-order valence-electron chi connectivity index (χ2n) is 4.45. The molecule has 0 amide bonds. The molecule has 2 aromatic rings. The van der Waals surface area contributed by atoms with Gasteiger partial charge in [-0.25, -0.2) is 8.78 Å². The fourth-order valence-corrected chi connectivity index (χ4v) is 1.81. The Bertz CT molecular complexity index is 549. The molecular weight excluding hydrogens is 252 g/mol. The quantitative estimate of drug-likeness (QED) is 0.923. The smallest absolute Gasteiger partial charge is 0.141 e. The van der Waals surface area contributed by atoms with E-state index in [1.54, 1.807) is 31.0 Å². The van der Waals surface area contributed by atoms with Gasteiger partial charge in [0.1, 0.15) is 23.5 Å². The van der Waals surface area contributed by atoms with E-state index in [0.29, 0.717) is 0 Å². The van der Waals surface area contributed by atoms with E-state index in [9.17, 15) is 8.78 Å². The van der Waals surface area contributed by atoms with E-state index in [2.05, 4.69) is 5.10 Å². The van der Waals surface area contributed by atoms with Crippen LogP contribution in [0, 0.1) is 11.6 Å². The summed E-state index contributed by atoms with van der Waals surface area (Å²) in [6.45, 7) is 1.76. The maximum Gasteiger partial charge on any atom is 0.141 e. The lowest BCUT2D eigenvalue weighted by Crippen LogP contribution is -2.28. The molecule has 2 N–H and O–H groups in total. The third kappa shape index (κ3) is 3.29. The highest BCUT2D eigenvalue weighted by Crippen LogP contribution is 2.25. The molecule has 0 aliphatic heterocycles. The van der Waals surface area contributed by atoms with Crippen LogP contribution in [0.5, 0.6) is 5.75 Å². The Morgan fingerprint density at radius 1 is 1.26 bits per heavy atom. The summed E-state index contributed by atoms with van der Waals surface area (Å²) in [7, 11) is 1.77. The van der Waals surface area contributed by atoms with Crippen molar-refractivity contribution in [2.75, 3.05) is 0 Å². The average molecular weight is 267 g/mol. The number of nitrogens with zero attached hydrogens (tertiary/aromatic N) is 2. The van der Waals surface area contributed by atoms with Gasteiger partial charge in [0.25, 0.3) is 0 Å². The molecule has 0 spiro atoms. The van der Waals surface area contributed by atoms with E-state index in [-0.39, 0.29) is 11.8 Å². The van der Waals surface area contributed by atoms with Crippen molar-refractivity contribution in [1.82, 2.24) is 9.78 Å². The zero-order valence-corrected chi connectivity index (χ0v) is 10.7. The number of benzene rings is 1. The summed E-state index contributed by atoms with van der Waals surface area (Å²) in [5.41, 5.74) is 6.60. The van der Waals surface area contributed by atoms with Gasteiger partial charge in [-0.15, -0.1) is 0 Å². The number of hydrogen-bond donors (Lipinski definition) is 1. The van der Waals surface area contributed by atoms with Crippen molar-refractivity contribution >= 4 is 0 Å². The van der Waals surface area contributed by atoms with E-state index in [0.717, 1.165) is 23.8 Å². The maximum absolute atomic E-state index is 13.1. The summed E-state index contributed by atoms with van der Waals surface area (Å²) in [5.74, 6) is -1.28. The molecule has 0 radical (unpaired) electrons. The zero-order valence-electron chi connectivity index (χ0n) is 10.7. The largest absolute Gasteiger partial charge is 0.484 e. The highest BCUT2D eigenvalue weighted by Gasteiger charge is 2.20. The van der Waals surface area contributed by atoms with Gasteiger partial charge in [-0.2, -0.15) is 5.10 Å². The first kappa shape index (κ1) is 13.5. The standard InChI is InChI=1S/C13H15F2N3O/c1-8(16)13(9-6-17-18(2)7-9)19-12-4-10(14)3-11(15)5-12/h3-8,13H,16H2,1-2H3. The molecule has 2 unspecified atom stereocenters. The minimum absolute atomic E-state index is 0.101. The zero-order chi connectivity index (χ0) is 14.0. The monoisotopic (exact) mass is 267 g/mol. The van der Waals surface area contributed by atoms with E-state index in [4.69, 9.17) is 10.5 Å². The third-order valence-corrected chi connectivity index (χ3v) is 2.63. The van der Waals surface area contributed by atoms with Gasteiger partial charge in [-0.05, 0) is 6.92 Å². The predicted molar refractivity (Wildman–Crippen MR) is 66.6 cm³/mol. The first-order valence-electron chi connectivity index (χ1n) is 5.82. The van der Waals surface area contributed by atoms with E-state index < -0.39 is 17.7 Å². The summed E-state index contributed by atoms with van der Waals surface area (Å²) in [5, 5.41) is 4.03. The Hall–Kier alpha value is -1.95. The highest BCUT2D eigenvalue weighted by molar-refractivity contribution is 5.25. The molecule has 1 heterocycles. The second kappa shape index (κ2) is 5.36. The van der Waals surface area contributed by atoms with Gasteiger partial charge in [0.2, 0.25) is 0 Å². The molecule has 0 fully saturated rings. The lowest BCUT2D eigenvalue weighted by Gasteiger charge is -2.21. The Labute approximate surface area is 109 Å². The van der Waals surface area contributed by atoms with Gasteiger partial charge in [0.15, 0.2) is 0 Å². The van der Waals surface area contributed by atoms with Gasteiger partial charge in [-0.3, -0.25) is 4.68 Å². The minimum Gasteiger partial charge on any atom is -0.484 e. The van der Waals surface area contributed by atoms with Crippen LogP contribution in [-0.2, 0) is 7.05 Å². The molecule has 0 aliphatic rings. The third-order valence-electron chi connectivity index (χ3n) is 2.63. The molecule has 1 aromatic carbocycles. The predicted octanol–water partition coefficient (Wildman–Crippen LogP) is 2.17. The van der Waals surface area contributed by atoms with E-state index in [1.165, 1.54) is 0 Å². The number of aryl methyl sites for hydroxylation is 1. The molecule has 0 aliphatic carbocycles. The van der Waals surface area contributed by atoms with Crippen LogP contribution in [-0.4, -0.2) is 15.8 Å². The average Bonchev–Trinajstić information content (AvgIpc) is 2.70. The highest BCUT2D eigenvalue weighted by atomic mass is 19.1. The van der Waals surface area contributed by atoms with Crippen LogP contribution in [0.2, 0.25) is 0 Å². The number of ether oxygens (including phenoxy) is 1. The molecule has 0 bridgehead atoms. The molecular formula is C13H15F2N3O. The molecule has 2 rings (SSSR count). The van der Waals surface area contributed by atoms with Crippen molar-refractivity contribution in [2.45, 2.75) is 19.1 Å². The number of nitrogens with two attached hydrogens (primary N) is 1. The van der Waals surface area contributed by atoms with Crippen LogP contribution in [0.4, 0.5) is 8.78 Å². The number of halogens is 2. The van der Waals surface area contributed by atoms with E-state index in [1.807, 2.05) is 0 Å². The fourth-order valence-electron chi connectivity index (χ4n) is 1.81. The molecule has 4 nitrogen and oxygen atoms in total. The van der Waals surface area contributed by atoms with Crippen LogP contribution in [0.3, 0.4) is 0 Å². The van der Waals surface area contributed by atoms with Gasteiger partial charge < -0.3 is 10.5 Å². The van der Waals surface area contributed by atoms with Gasteiger partial charge in [0, 0.05) is 43.0 Å². The number of hydrogen-bond acceptors (Lipinski definition) is 3. The summed E-state index contributed by atoms with van der Waals surface area (Å²) >= 11 is 0. The SMILES string of the molecule is CC(N)C(Oc1cc(F)cc(F)c1)c1cnn(C)c1. The van der Waals surface area contributed by atoms with Crippen LogP contribution in [0.15, 0.2) is 30.6 Å². The molecule has 19 heavy (non-hydrogen) atoms. The Morgan fingerprint density at radius 3 is 2.37 bits per heavy atom. The van der Waals surface area contributed by atoms with Crippen LogP contribution < -0.4 is 10.5 Å². The van der Waals surface area contributed by atoms with Crippen molar-refractivity contribution in [3.63, 3.8) is 0 Å². The van der Waals surface area contributed by atoms with Crippen molar-refractivity contribution in [2.24, 2.45) is 12.8 Å². The van der Waals surface area contributed by atoms with E-state index >= 15 is 0 Å². The lowest BCUT2D eigenvalue weighted by atomic mass is 10.1. The molecule has 1 aromatic heterocycles. The minimum atomic E-state index is -0.690. The van der Waals surface area contributed by atoms with Crippen molar-refractivity contribution in [3.8, 4) is 5.75 Å². The molecule has 102 valence electrons. The van der Waals surface area contributed by atoms with Crippen molar-refractivity contribution in [1.29, 1.82) is 0 Å². The fraction of sp³-hybridized carbons (Fsp3) is 0.308. The van der Waals surface area contributed by atoms with Gasteiger partial charge in [-0.1, -0.05) is 0 Å². The van der Waals surface area contributed by atoms with Crippen LogP contribution in [0.25, 0.3) is 0 Å². The Balaban J connectivity index is 2.26. The topological polar surface area (TPSA) is 53.1 Å². The Morgan fingerprint density at radius 2 is 1.89 bits per heavy atom. The maximum atomic E-state index is 13.1. The van der Waals surface area contributed by atoms with Gasteiger partial charge in [0.05, 0.1) is 6.20 Å². The first-order chi connectivity index (χ1) is 8.95. The first-order valence-corrected chi connectivity index (χ1v) is 5.82. The summed E-state index contributed by atoms with van der Waals surface area (Å²) in [6, 6.07) is 2.68.